The van der Waals surface area contributed by atoms with Gasteiger partial charge in [-0.1, -0.05) is 29.8 Å². The van der Waals surface area contributed by atoms with Crippen molar-refractivity contribution in [3.8, 4) is 5.75 Å². The van der Waals surface area contributed by atoms with Gasteiger partial charge in [0.1, 0.15) is 10.8 Å². The summed E-state index contributed by atoms with van der Waals surface area (Å²) in [6.45, 7) is 0.781. The third-order valence-electron chi connectivity index (χ3n) is 5.11. The lowest BCUT2D eigenvalue weighted by Crippen LogP contribution is -2.37. The van der Waals surface area contributed by atoms with Crippen molar-refractivity contribution in [1.29, 1.82) is 0 Å². The Labute approximate surface area is 197 Å². The number of rotatable bonds is 7. The summed E-state index contributed by atoms with van der Waals surface area (Å²) in [6.07, 6.45) is 2.41. The number of thioether (sulfide) groups is 1. The number of nitrogens with one attached hydrogen (secondary N) is 1. The molecule has 2 heterocycles. The van der Waals surface area contributed by atoms with Crippen LogP contribution in [0, 0.1) is 10.1 Å². The lowest BCUT2D eigenvalue weighted by molar-refractivity contribution is -0.384. The molecule has 0 spiro atoms. The van der Waals surface area contributed by atoms with Crippen molar-refractivity contribution in [3.05, 3.63) is 73.1 Å². The van der Waals surface area contributed by atoms with Crippen LogP contribution in [0.5, 0.6) is 5.75 Å². The maximum absolute atomic E-state index is 12.6. The van der Waals surface area contributed by atoms with E-state index in [0.717, 1.165) is 40.0 Å². The Morgan fingerprint density at radius 2 is 2.09 bits per heavy atom. The predicted octanol–water partition coefficient (Wildman–Crippen LogP) is 3.58. The zero-order chi connectivity index (χ0) is 23.5. The average Bonchev–Trinajstić information content (AvgIpc) is 3.34. The smallest absolute Gasteiger partial charge is 0.293 e. The van der Waals surface area contributed by atoms with Crippen LogP contribution < -0.4 is 10.1 Å². The second-order valence-electron chi connectivity index (χ2n) is 7.37. The van der Waals surface area contributed by atoms with Gasteiger partial charge in [0, 0.05) is 25.6 Å². The van der Waals surface area contributed by atoms with E-state index in [-0.39, 0.29) is 41.0 Å². The van der Waals surface area contributed by atoms with Crippen LogP contribution in [0.15, 0.2) is 41.3 Å². The van der Waals surface area contributed by atoms with E-state index in [1.54, 1.807) is 0 Å². The summed E-state index contributed by atoms with van der Waals surface area (Å²) < 4.78 is 5.46. The lowest BCUT2D eigenvalue weighted by Gasteiger charge is -2.13. The van der Waals surface area contributed by atoms with Gasteiger partial charge in [0.25, 0.3) is 16.8 Å². The molecule has 0 radical (unpaired) electrons. The Balaban J connectivity index is 1.33. The third-order valence-corrected chi connectivity index (χ3v) is 6.34. The van der Waals surface area contributed by atoms with Gasteiger partial charge in [0.2, 0.25) is 5.91 Å². The average molecular weight is 488 g/mol. The highest BCUT2D eigenvalue weighted by Gasteiger charge is 2.34. The molecule has 2 aromatic rings. The van der Waals surface area contributed by atoms with Crippen LogP contribution in [-0.2, 0) is 22.4 Å². The van der Waals surface area contributed by atoms with E-state index < -0.39 is 16.1 Å². The van der Waals surface area contributed by atoms with Gasteiger partial charge >= 0.3 is 0 Å². The SMILES string of the molecule is O=C(Cc1ccc2c(c1)CCO2)NCCN1C(=O)S/C(=C\c2ccc(Cl)c([N+](=O)[O-])c2)C1=O. The fourth-order valence-electron chi connectivity index (χ4n) is 3.51. The molecule has 0 saturated carbocycles. The Kier molecular flexibility index (Phi) is 6.66. The number of ether oxygens (including phenoxy) is 1. The topological polar surface area (TPSA) is 119 Å². The van der Waals surface area contributed by atoms with E-state index in [9.17, 15) is 24.5 Å². The Morgan fingerprint density at radius 1 is 1.27 bits per heavy atom. The molecule has 2 aromatic carbocycles. The zero-order valence-corrected chi connectivity index (χ0v) is 18.8. The van der Waals surface area contributed by atoms with Crippen molar-refractivity contribution in [2.75, 3.05) is 19.7 Å². The summed E-state index contributed by atoms with van der Waals surface area (Å²) in [5.74, 6) is 0.111. The first-order valence-electron chi connectivity index (χ1n) is 10.0. The molecule has 4 rings (SSSR count). The number of imide groups is 1. The number of nitro groups is 1. The maximum Gasteiger partial charge on any atom is 0.293 e. The Morgan fingerprint density at radius 3 is 2.88 bits per heavy atom. The minimum atomic E-state index is -0.620. The first-order chi connectivity index (χ1) is 15.8. The Hall–Kier alpha value is -3.37. The molecular formula is C22H18ClN3O6S. The molecule has 2 aliphatic heterocycles. The highest BCUT2D eigenvalue weighted by atomic mass is 35.5. The monoisotopic (exact) mass is 487 g/mol. The van der Waals surface area contributed by atoms with Crippen LogP contribution in [0.2, 0.25) is 5.02 Å². The summed E-state index contributed by atoms with van der Waals surface area (Å²) in [5, 5.41) is 13.3. The second-order valence-corrected chi connectivity index (χ2v) is 8.77. The predicted molar refractivity (Wildman–Crippen MR) is 123 cm³/mol. The molecule has 0 atom stereocenters. The molecule has 2 aliphatic rings. The van der Waals surface area contributed by atoms with Gasteiger partial charge in [-0.25, -0.2) is 0 Å². The van der Waals surface area contributed by atoms with E-state index in [0.29, 0.717) is 12.2 Å². The van der Waals surface area contributed by atoms with Gasteiger partial charge in [-0.15, -0.1) is 0 Å². The number of hydrogen-bond acceptors (Lipinski definition) is 7. The van der Waals surface area contributed by atoms with Crippen LogP contribution >= 0.6 is 23.4 Å². The number of benzene rings is 2. The molecular weight excluding hydrogens is 470 g/mol. The summed E-state index contributed by atoms with van der Waals surface area (Å²) >= 11 is 6.54. The van der Waals surface area contributed by atoms with Crippen molar-refractivity contribution in [2.45, 2.75) is 12.8 Å². The van der Waals surface area contributed by atoms with Crippen molar-refractivity contribution in [1.82, 2.24) is 10.2 Å². The summed E-state index contributed by atoms with van der Waals surface area (Å²) in [4.78, 5) is 48.7. The standard InChI is InChI=1S/C22H18ClN3O6S/c23-16-3-1-14(10-17(16)26(30)31)11-19-21(28)25(22(29)33-19)7-6-24-20(27)12-13-2-4-18-15(9-13)5-8-32-18/h1-4,9-11H,5-8,12H2,(H,24,27)/b19-11-. The number of carbonyl (C=O) groups excluding carboxylic acids is 3. The number of nitro benzene ring substituents is 1. The number of carbonyl (C=O) groups is 3. The van der Waals surface area contributed by atoms with E-state index in [4.69, 9.17) is 16.3 Å². The second kappa shape index (κ2) is 9.63. The van der Waals surface area contributed by atoms with Crippen LogP contribution in [0.3, 0.4) is 0 Å². The number of halogens is 1. The first kappa shape index (κ1) is 22.8. The van der Waals surface area contributed by atoms with E-state index >= 15 is 0 Å². The Bertz CT molecular complexity index is 1200. The molecule has 170 valence electrons. The summed E-state index contributed by atoms with van der Waals surface area (Å²) in [5.41, 5.74) is 2.03. The molecule has 3 amide bonds. The molecule has 0 aromatic heterocycles. The van der Waals surface area contributed by atoms with Crippen molar-refractivity contribution < 1.29 is 24.0 Å². The highest BCUT2D eigenvalue weighted by Crippen LogP contribution is 2.33. The first-order valence-corrected chi connectivity index (χ1v) is 11.2. The van der Waals surface area contributed by atoms with Gasteiger partial charge in [0.05, 0.1) is 22.9 Å². The molecule has 9 nitrogen and oxygen atoms in total. The minimum absolute atomic E-state index is 0.0192. The minimum Gasteiger partial charge on any atom is -0.493 e. The van der Waals surface area contributed by atoms with E-state index in [2.05, 4.69) is 5.32 Å². The van der Waals surface area contributed by atoms with Crippen LogP contribution in [-0.4, -0.2) is 46.6 Å². The molecule has 1 saturated heterocycles. The van der Waals surface area contributed by atoms with E-state index in [1.165, 1.54) is 24.3 Å². The molecule has 0 bridgehead atoms. The van der Waals surface area contributed by atoms with Crippen LogP contribution in [0.25, 0.3) is 6.08 Å². The quantitative estimate of drug-likeness (QED) is 0.360. The van der Waals surface area contributed by atoms with Crippen LogP contribution in [0.4, 0.5) is 10.5 Å². The number of hydrogen-bond donors (Lipinski definition) is 1. The van der Waals surface area contributed by atoms with Gasteiger partial charge in [0.15, 0.2) is 0 Å². The summed E-state index contributed by atoms with van der Waals surface area (Å²) in [7, 11) is 0. The van der Waals surface area contributed by atoms with Gasteiger partial charge in [-0.2, -0.15) is 0 Å². The largest absolute Gasteiger partial charge is 0.493 e. The lowest BCUT2D eigenvalue weighted by atomic mass is 10.1. The van der Waals surface area contributed by atoms with Crippen molar-refractivity contribution >= 4 is 52.2 Å². The van der Waals surface area contributed by atoms with Crippen molar-refractivity contribution in [3.63, 3.8) is 0 Å². The molecule has 11 heteroatoms. The van der Waals surface area contributed by atoms with Gasteiger partial charge < -0.3 is 10.1 Å². The fourth-order valence-corrected chi connectivity index (χ4v) is 4.56. The zero-order valence-electron chi connectivity index (χ0n) is 17.2. The number of amides is 3. The molecule has 0 aliphatic carbocycles. The fraction of sp³-hybridized carbons (Fsp3) is 0.227. The van der Waals surface area contributed by atoms with Gasteiger partial charge in [-0.05, 0) is 46.7 Å². The van der Waals surface area contributed by atoms with Crippen molar-refractivity contribution in [2.24, 2.45) is 0 Å². The summed E-state index contributed by atoms with van der Waals surface area (Å²) in [6, 6.07) is 9.76. The highest BCUT2D eigenvalue weighted by molar-refractivity contribution is 8.18. The molecule has 33 heavy (non-hydrogen) atoms. The molecule has 1 N–H and O–H groups in total. The maximum atomic E-state index is 12.6. The van der Waals surface area contributed by atoms with Gasteiger partial charge in [-0.3, -0.25) is 29.4 Å². The van der Waals surface area contributed by atoms with E-state index in [1.807, 2.05) is 18.2 Å². The number of fused-ring (bicyclic) bond motifs is 1. The molecule has 1 fully saturated rings. The molecule has 0 unspecified atom stereocenters. The normalized spacial score (nSPS) is 16.2. The third kappa shape index (κ3) is 5.18. The number of nitrogens with zero attached hydrogens (tertiary/aromatic N) is 2. The van der Waals surface area contributed by atoms with Crippen LogP contribution in [0.1, 0.15) is 16.7 Å².